The maximum absolute atomic E-state index is 12.7. The number of thioether (sulfide) groups is 1. The SMILES string of the molecule is CC(=O)c1ccccc1N1C(=O)CC(Sc2ccccc2N)C1=O. The van der Waals surface area contributed by atoms with Gasteiger partial charge in [-0.3, -0.25) is 14.4 Å². The first kappa shape index (κ1) is 16.3. The number of hydrogen-bond donors (Lipinski definition) is 1. The van der Waals surface area contributed by atoms with Gasteiger partial charge in [-0.05, 0) is 31.2 Å². The highest BCUT2D eigenvalue weighted by Gasteiger charge is 2.41. The van der Waals surface area contributed by atoms with E-state index in [0.29, 0.717) is 16.9 Å². The number of para-hydroxylation sites is 2. The topological polar surface area (TPSA) is 80.5 Å². The van der Waals surface area contributed by atoms with Crippen LogP contribution in [-0.4, -0.2) is 22.8 Å². The predicted octanol–water partition coefficient (Wildman–Crippen LogP) is 2.90. The lowest BCUT2D eigenvalue weighted by Gasteiger charge is -2.17. The highest BCUT2D eigenvalue weighted by Crippen LogP contribution is 2.37. The Balaban J connectivity index is 1.90. The molecule has 122 valence electrons. The van der Waals surface area contributed by atoms with E-state index in [9.17, 15) is 14.4 Å². The number of nitrogens with zero attached hydrogens (tertiary/aromatic N) is 1. The zero-order valence-electron chi connectivity index (χ0n) is 13.1. The molecule has 1 aliphatic heterocycles. The molecule has 0 radical (unpaired) electrons. The van der Waals surface area contributed by atoms with Crippen LogP contribution in [0.2, 0.25) is 0 Å². The van der Waals surface area contributed by atoms with Crippen LogP contribution in [0, 0.1) is 0 Å². The number of Topliss-reactive ketones (excluding diaryl/α,β-unsaturated/α-hetero) is 1. The molecule has 1 saturated heterocycles. The van der Waals surface area contributed by atoms with Gasteiger partial charge in [0.2, 0.25) is 11.8 Å². The summed E-state index contributed by atoms with van der Waals surface area (Å²) < 4.78 is 0. The fourth-order valence-electron chi connectivity index (χ4n) is 2.66. The van der Waals surface area contributed by atoms with E-state index in [4.69, 9.17) is 5.73 Å². The van der Waals surface area contributed by atoms with Crippen molar-refractivity contribution in [3.8, 4) is 0 Å². The molecule has 3 rings (SSSR count). The number of benzene rings is 2. The lowest BCUT2D eigenvalue weighted by Crippen LogP contribution is -2.32. The second kappa shape index (κ2) is 6.49. The molecule has 1 unspecified atom stereocenters. The summed E-state index contributed by atoms with van der Waals surface area (Å²) in [7, 11) is 0. The Kier molecular flexibility index (Phi) is 4.40. The first-order valence-electron chi connectivity index (χ1n) is 7.47. The van der Waals surface area contributed by atoms with E-state index in [1.165, 1.54) is 18.7 Å². The van der Waals surface area contributed by atoms with E-state index >= 15 is 0 Å². The van der Waals surface area contributed by atoms with E-state index < -0.39 is 5.25 Å². The summed E-state index contributed by atoms with van der Waals surface area (Å²) >= 11 is 1.28. The number of rotatable bonds is 4. The Bertz CT molecular complexity index is 835. The van der Waals surface area contributed by atoms with Crippen LogP contribution in [0.5, 0.6) is 0 Å². The van der Waals surface area contributed by atoms with E-state index in [-0.39, 0.29) is 24.0 Å². The largest absolute Gasteiger partial charge is 0.398 e. The standard InChI is InChI=1S/C18H16N2O3S/c1-11(21)12-6-2-4-8-14(12)20-17(22)10-16(18(20)23)24-15-9-5-3-7-13(15)19/h2-9,16H,10,19H2,1H3. The van der Waals surface area contributed by atoms with Crippen LogP contribution < -0.4 is 10.6 Å². The van der Waals surface area contributed by atoms with Gasteiger partial charge in [-0.15, -0.1) is 11.8 Å². The molecule has 2 aromatic carbocycles. The summed E-state index contributed by atoms with van der Waals surface area (Å²) in [4.78, 5) is 38.8. The maximum Gasteiger partial charge on any atom is 0.247 e. The highest BCUT2D eigenvalue weighted by molar-refractivity contribution is 8.00. The molecule has 0 bridgehead atoms. The third-order valence-electron chi connectivity index (χ3n) is 3.82. The van der Waals surface area contributed by atoms with Gasteiger partial charge >= 0.3 is 0 Å². The van der Waals surface area contributed by atoms with Crippen LogP contribution in [0.3, 0.4) is 0 Å². The van der Waals surface area contributed by atoms with Crippen molar-refractivity contribution in [3.05, 3.63) is 54.1 Å². The maximum atomic E-state index is 12.7. The average Bonchev–Trinajstić information content (AvgIpc) is 2.83. The summed E-state index contributed by atoms with van der Waals surface area (Å²) in [5.74, 6) is -0.808. The van der Waals surface area contributed by atoms with Gasteiger partial charge in [-0.2, -0.15) is 0 Å². The van der Waals surface area contributed by atoms with Crippen molar-refractivity contribution in [1.82, 2.24) is 0 Å². The van der Waals surface area contributed by atoms with Gasteiger partial charge in [0.15, 0.2) is 5.78 Å². The van der Waals surface area contributed by atoms with Gasteiger partial charge < -0.3 is 5.73 Å². The number of nitrogens with two attached hydrogens (primary N) is 1. The van der Waals surface area contributed by atoms with Crippen molar-refractivity contribution in [2.24, 2.45) is 0 Å². The number of ketones is 1. The molecule has 1 fully saturated rings. The van der Waals surface area contributed by atoms with Crippen LogP contribution in [0.15, 0.2) is 53.4 Å². The number of carbonyl (C=O) groups is 3. The summed E-state index contributed by atoms with van der Waals surface area (Å²) in [5.41, 5.74) is 7.20. The second-order valence-corrected chi connectivity index (χ2v) is 6.73. The summed E-state index contributed by atoms with van der Waals surface area (Å²) in [6, 6.07) is 13.9. The van der Waals surface area contributed by atoms with Gasteiger partial charge in [0.1, 0.15) is 0 Å². The Morgan fingerprint density at radius 2 is 1.79 bits per heavy atom. The summed E-state index contributed by atoms with van der Waals surface area (Å²) in [6.45, 7) is 1.42. The summed E-state index contributed by atoms with van der Waals surface area (Å²) in [5, 5.41) is -0.540. The molecule has 5 nitrogen and oxygen atoms in total. The minimum absolute atomic E-state index is 0.0874. The Labute approximate surface area is 143 Å². The van der Waals surface area contributed by atoms with Crippen molar-refractivity contribution in [2.75, 3.05) is 10.6 Å². The van der Waals surface area contributed by atoms with Gasteiger partial charge in [0, 0.05) is 22.6 Å². The number of nitrogen functional groups attached to an aromatic ring is 1. The molecule has 0 spiro atoms. The molecule has 0 saturated carbocycles. The molecule has 2 amide bonds. The Morgan fingerprint density at radius 3 is 2.50 bits per heavy atom. The van der Waals surface area contributed by atoms with Crippen molar-refractivity contribution in [1.29, 1.82) is 0 Å². The van der Waals surface area contributed by atoms with Crippen LogP contribution in [0.1, 0.15) is 23.7 Å². The molecule has 2 N–H and O–H groups in total. The first-order valence-corrected chi connectivity index (χ1v) is 8.35. The minimum atomic E-state index is -0.540. The average molecular weight is 340 g/mol. The zero-order chi connectivity index (χ0) is 17.3. The number of carbonyl (C=O) groups excluding carboxylic acids is 3. The lowest BCUT2D eigenvalue weighted by atomic mass is 10.1. The van der Waals surface area contributed by atoms with Gasteiger partial charge in [0.25, 0.3) is 0 Å². The third-order valence-corrected chi connectivity index (χ3v) is 5.10. The molecule has 0 aliphatic carbocycles. The third kappa shape index (κ3) is 2.92. The normalized spacial score (nSPS) is 17.4. The molecular formula is C18H16N2O3S. The fraction of sp³-hybridized carbons (Fsp3) is 0.167. The lowest BCUT2D eigenvalue weighted by molar-refractivity contribution is -0.121. The molecule has 1 aliphatic rings. The smallest absolute Gasteiger partial charge is 0.247 e. The first-order chi connectivity index (χ1) is 11.5. The van der Waals surface area contributed by atoms with Crippen molar-refractivity contribution < 1.29 is 14.4 Å². The van der Waals surface area contributed by atoms with Gasteiger partial charge in [-0.1, -0.05) is 24.3 Å². The number of anilines is 2. The quantitative estimate of drug-likeness (QED) is 0.526. The van der Waals surface area contributed by atoms with Crippen LogP contribution in [0.4, 0.5) is 11.4 Å². The molecule has 0 aromatic heterocycles. The van der Waals surface area contributed by atoms with Crippen molar-refractivity contribution in [2.45, 2.75) is 23.5 Å². The molecule has 6 heteroatoms. The molecule has 1 heterocycles. The van der Waals surface area contributed by atoms with Crippen LogP contribution >= 0.6 is 11.8 Å². The second-order valence-electron chi connectivity index (χ2n) is 5.49. The highest BCUT2D eigenvalue weighted by atomic mass is 32.2. The van der Waals surface area contributed by atoms with Crippen molar-refractivity contribution >= 4 is 40.7 Å². The van der Waals surface area contributed by atoms with E-state index in [1.807, 2.05) is 18.2 Å². The van der Waals surface area contributed by atoms with E-state index in [1.54, 1.807) is 30.3 Å². The number of hydrogen-bond acceptors (Lipinski definition) is 5. The van der Waals surface area contributed by atoms with Crippen LogP contribution in [-0.2, 0) is 9.59 Å². The zero-order valence-corrected chi connectivity index (χ0v) is 13.9. The van der Waals surface area contributed by atoms with Crippen LogP contribution in [0.25, 0.3) is 0 Å². The molecule has 24 heavy (non-hydrogen) atoms. The van der Waals surface area contributed by atoms with Gasteiger partial charge in [0.05, 0.1) is 10.9 Å². The molecular weight excluding hydrogens is 324 g/mol. The van der Waals surface area contributed by atoms with Crippen molar-refractivity contribution in [3.63, 3.8) is 0 Å². The Hall–Kier alpha value is -2.60. The monoisotopic (exact) mass is 340 g/mol. The summed E-state index contributed by atoms with van der Waals surface area (Å²) in [6.07, 6.45) is 0.0874. The molecule has 2 aromatic rings. The predicted molar refractivity (Wildman–Crippen MR) is 94.1 cm³/mol. The number of imide groups is 1. The van der Waals surface area contributed by atoms with Gasteiger partial charge in [-0.25, -0.2) is 4.90 Å². The fourth-order valence-corrected chi connectivity index (χ4v) is 3.76. The molecule has 1 atom stereocenters. The Morgan fingerprint density at radius 1 is 1.12 bits per heavy atom. The number of amides is 2. The van der Waals surface area contributed by atoms with E-state index in [0.717, 1.165) is 9.80 Å². The van der Waals surface area contributed by atoms with E-state index in [2.05, 4.69) is 0 Å². The minimum Gasteiger partial charge on any atom is -0.398 e.